The molecule has 0 spiro atoms. The van der Waals surface area contributed by atoms with Crippen molar-refractivity contribution in [2.75, 3.05) is 13.2 Å². The molecule has 6 heteroatoms. The van der Waals surface area contributed by atoms with Gasteiger partial charge in [-0.2, -0.15) is 5.10 Å². The van der Waals surface area contributed by atoms with Crippen LogP contribution in [-0.2, 0) is 9.53 Å². The number of carbonyl (C=O) groups is 2. The van der Waals surface area contributed by atoms with Crippen LogP contribution in [-0.4, -0.2) is 30.8 Å². The number of hydrazone groups is 1. The summed E-state index contributed by atoms with van der Waals surface area (Å²) in [4.78, 5) is 23.7. The normalized spacial score (nSPS) is 11.0. The average molecular weight is 368 g/mol. The summed E-state index contributed by atoms with van der Waals surface area (Å²) in [6.45, 7) is 4.12. The van der Waals surface area contributed by atoms with Gasteiger partial charge >= 0.3 is 5.97 Å². The van der Waals surface area contributed by atoms with E-state index in [2.05, 4.69) is 10.5 Å². The fraction of sp³-hybridized carbons (Fsp3) is 0.286. The quantitative estimate of drug-likeness (QED) is 0.417. The Labute approximate surface area is 159 Å². The highest BCUT2D eigenvalue weighted by Gasteiger charge is 2.08. The minimum absolute atomic E-state index is 0.172. The highest BCUT2D eigenvalue weighted by atomic mass is 16.5. The number of esters is 1. The van der Waals surface area contributed by atoms with E-state index in [4.69, 9.17) is 9.47 Å². The Morgan fingerprint density at radius 1 is 0.963 bits per heavy atom. The third-order valence-corrected chi connectivity index (χ3v) is 3.65. The van der Waals surface area contributed by atoms with Crippen LogP contribution in [0.2, 0.25) is 0 Å². The molecule has 0 unspecified atom stereocenters. The topological polar surface area (TPSA) is 77.0 Å². The van der Waals surface area contributed by atoms with Crippen LogP contribution in [0.15, 0.2) is 59.7 Å². The van der Waals surface area contributed by atoms with E-state index in [1.807, 2.05) is 44.2 Å². The van der Waals surface area contributed by atoms with Crippen LogP contribution in [0.4, 0.5) is 0 Å². The fourth-order valence-corrected chi connectivity index (χ4v) is 2.25. The Morgan fingerprint density at radius 2 is 1.67 bits per heavy atom. The minimum atomic E-state index is -0.372. The van der Waals surface area contributed by atoms with Gasteiger partial charge in [-0.15, -0.1) is 0 Å². The number of hydrogen-bond acceptors (Lipinski definition) is 5. The largest absolute Gasteiger partial charge is 0.484 e. The molecule has 0 fully saturated rings. The highest BCUT2D eigenvalue weighted by molar-refractivity contribution is 6.00. The Bertz CT molecular complexity index is 771. The van der Waals surface area contributed by atoms with Crippen molar-refractivity contribution in [1.82, 2.24) is 5.43 Å². The van der Waals surface area contributed by atoms with Crippen LogP contribution in [0.1, 0.15) is 42.6 Å². The maximum atomic E-state index is 11.9. The van der Waals surface area contributed by atoms with Crippen LogP contribution in [0.3, 0.4) is 0 Å². The lowest BCUT2D eigenvalue weighted by Crippen LogP contribution is -2.26. The van der Waals surface area contributed by atoms with Gasteiger partial charge in [0.05, 0.1) is 17.9 Å². The molecular formula is C21H24N2O4. The van der Waals surface area contributed by atoms with Gasteiger partial charge in [0.2, 0.25) is 0 Å². The zero-order valence-electron chi connectivity index (χ0n) is 15.6. The first kappa shape index (κ1) is 20.2. The molecule has 0 atom stereocenters. The maximum absolute atomic E-state index is 11.9. The summed E-state index contributed by atoms with van der Waals surface area (Å²) >= 11 is 0. The molecule has 0 radical (unpaired) electrons. The molecule has 1 amide bonds. The van der Waals surface area contributed by atoms with Crippen LogP contribution in [0, 0.1) is 0 Å². The molecule has 0 saturated carbocycles. The van der Waals surface area contributed by atoms with Crippen LogP contribution in [0.25, 0.3) is 0 Å². The fourth-order valence-electron chi connectivity index (χ4n) is 2.25. The van der Waals surface area contributed by atoms with Gasteiger partial charge in [-0.05, 0) is 42.7 Å². The Hall–Kier alpha value is -3.15. The molecule has 0 aromatic heterocycles. The maximum Gasteiger partial charge on any atom is 0.338 e. The molecule has 0 saturated heterocycles. The van der Waals surface area contributed by atoms with Gasteiger partial charge in [0.15, 0.2) is 6.61 Å². The van der Waals surface area contributed by atoms with E-state index >= 15 is 0 Å². The van der Waals surface area contributed by atoms with Crippen molar-refractivity contribution in [3.63, 3.8) is 0 Å². The van der Waals surface area contributed by atoms with E-state index in [1.54, 1.807) is 24.3 Å². The zero-order valence-corrected chi connectivity index (χ0v) is 15.6. The lowest BCUT2D eigenvalue weighted by atomic mass is 10.1. The number of nitrogens with zero attached hydrogens (tertiary/aromatic N) is 1. The van der Waals surface area contributed by atoms with Crippen LogP contribution >= 0.6 is 0 Å². The van der Waals surface area contributed by atoms with Crippen molar-refractivity contribution in [1.29, 1.82) is 0 Å². The number of nitrogens with one attached hydrogen (secondary N) is 1. The third kappa shape index (κ3) is 6.58. The average Bonchev–Trinajstić information content (AvgIpc) is 2.72. The van der Waals surface area contributed by atoms with E-state index in [0.29, 0.717) is 24.3 Å². The van der Waals surface area contributed by atoms with Gasteiger partial charge < -0.3 is 9.47 Å². The summed E-state index contributed by atoms with van der Waals surface area (Å²) in [7, 11) is 0. The van der Waals surface area contributed by atoms with E-state index in [1.165, 1.54) is 0 Å². The molecule has 142 valence electrons. The number of hydrogen-bond donors (Lipinski definition) is 1. The Morgan fingerprint density at radius 3 is 2.30 bits per heavy atom. The summed E-state index contributed by atoms with van der Waals surface area (Å²) in [5.41, 5.74) is 4.71. The molecule has 6 nitrogen and oxygen atoms in total. The highest BCUT2D eigenvalue weighted by Crippen LogP contribution is 2.13. The molecule has 0 heterocycles. The molecule has 0 aliphatic heterocycles. The second-order valence-corrected chi connectivity index (χ2v) is 5.76. The molecule has 2 aromatic rings. The first-order valence-corrected chi connectivity index (χ1v) is 8.94. The summed E-state index contributed by atoms with van der Waals surface area (Å²) in [6.07, 6.45) is 1.47. The minimum Gasteiger partial charge on any atom is -0.484 e. The van der Waals surface area contributed by atoms with Crippen molar-refractivity contribution in [2.24, 2.45) is 5.10 Å². The smallest absolute Gasteiger partial charge is 0.338 e. The second-order valence-electron chi connectivity index (χ2n) is 5.76. The van der Waals surface area contributed by atoms with Gasteiger partial charge in [-0.25, -0.2) is 10.2 Å². The van der Waals surface area contributed by atoms with E-state index in [-0.39, 0.29) is 18.5 Å². The summed E-state index contributed by atoms with van der Waals surface area (Å²) in [5, 5.41) is 4.17. The van der Waals surface area contributed by atoms with Gasteiger partial charge in [-0.3, -0.25) is 4.79 Å². The predicted molar refractivity (Wildman–Crippen MR) is 104 cm³/mol. The van der Waals surface area contributed by atoms with E-state index < -0.39 is 0 Å². The molecule has 2 aromatic carbocycles. The summed E-state index contributed by atoms with van der Waals surface area (Å²) in [6, 6.07) is 16.1. The SMILES string of the molecule is CCCOC(=O)c1ccc(OCC(=O)NN=C(CC)c2ccccc2)cc1. The molecule has 2 rings (SSSR count). The predicted octanol–water partition coefficient (Wildman–Crippen LogP) is 3.56. The van der Waals surface area contributed by atoms with Crippen molar-refractivity contribution in [3.05, 3.63) is 65.7 Å². The monoisotopic (exact) mass is 368 g/mol. The standard InChI is InChI=1S/C21H24N2O4/c1-3-14-26-21(25)17-10-12-18(13-11-17)27-15-20(24)23-22-19(4-2)16-8-6-5-7-9-16/h5-13H,3-4,14-15H2,1-2H3,(H,23,24). The molecule has 0 bridgehead atoms. The first-order valence-electron chi connectivity index (χ1n) is 8.94. The van der Waals surface area contributed by atoms with Gasteiger partial charge in [0.1, 0.15) is 5.75 Å². The molecule has 0 aliphatic rings. The number of ether oxygens (including phenoxy) is 2. The zero-order chi connectivity index (χ0) is 19.5. The van der Waals surface area contributed by atoms with Crippen LogP contribution < -0.4 is 10.2 Å². The number of amides is 1. The molecule has 1 N–H and O–H groups in total. The Kier molecular flexibility index (Phi) is 8.03. The molecular weight excluding hydrogens is 344 g/mol. The van der Waals surface area contributed by atoms with Gasteiger partial charge in [0, 0.05) is 0 Å². The van der Waals surface area contributed by atoms with Crippen molar-refractivity contribution >= 4 is 17.6 Å². The van der Waals surface area contributed by atoms with Crippen molar-refractivity contribution in [3.8, 4) is 5.75 Å². The molecule has 27 heavy (non-hydrogen) atoms. The van der Waals surface area contributed by atoms with Crippen molar-refractivity contribution < 1.29 is 19.1 Å². The van der Waals surface area contributed by atoms with Crippen molar-refractivity contribution in [2.45, 2.75) is 26.7 Å². The Balaban J connectivity index is 1.84. The number of benzene rings is 2. The summed E-state index contributed by atoms with van der Waals surface area (Å²) < 4.78 is 10.5. The number of rotatable bonds is 9. The van der Waals surface area contributed by atoms with Gasteiger partial charge in [-0.1, -0.05) is 44.2 Å². The second kappa shape index (κ2) is 10.8. The molecule has 0 aliphatic carbocycles. The van der Waals surface area contributed by atoms with E-state index in [9.17, 15) is 9.59 Å². The van der Waals surface area contributed by atoms with E-state index in [0.717, 1.165) is 17.7 Å². The van der Waals surface area contributed by atoms with Gasteiger partial charge in [0.25, 0.3) is 5.91 Å². The first-order chi connectivity index (χ1) is 13.1. The summed E-state index contributed by atoms with van der Waals surface area (Å²) in [5.74, 6) is -0.244. The lowest BCUT2D eigenvalue weighted by Gasteiger charge is -2.08. The number of carbonyl (C=O) groups excluding carboxylic acids is 2. The third-order valence-electron chi connectivity index (χ3n) is 3.65. The lowest BCUT2D eigenvalue weighted by molar-refractivity contribution is -0.123. The van der Waals surface area contributed by atoms with Crippen LogP contribution in [0.5, 0.6) is 5.75 Å².